The van der Waals surface area contributed by atoms with Crippen LogP contribution in [0.4, 0.5) is 0 Å². The molecule has 77 valence electrons. The molecule has 13 heavy (non-hydrogen) atoms. The lowest BCUT2D eigenvalue weighted by Gasteiger charge is -2.22. The first-order valence-electron chi connectivity index (χ1n) is 4.07. The van der Waals surface area contributed by atoms with Crippen molar-refractivity contribution < 1.29 is 0 Å². The molecule has 5 heteroatoms. The number of rotatable bonds is 5. The minimum atomic E-state index is -0.460. The van der Waals surface area contributed by atoms with E-state index in [1.165, 1.54) is 0 Å². The minimum absolute atomic E-state index is 0. The molecule has 0 saturated carbocycles. The average molecular weight is 206 g/mol. The molecule has 0 unspecified atom stereocenters. The Balaban J connectivity index is 0. The maximum atomic E-state index is 5.52. The summed E-state index contributed by atoms with van der Waals surface area (Å²) in [5.74, 6) is 0. The van der Waals surface area contributed by atoms with Crippen LogP contribution in [0.1, 0.15) is 13.3 Å². The highest BCUT2D eigenvalue weighted by atomic mass is 35.5. The van der Waals surface area contributed by atoms with Gasteiger partial charge in [0.15, 0.2) is 0 Å². The molecule has 0 spiro atoms. The topological polar surface area (TPSA) is 76.8 Å². The van der Waals surface area contributed by atoms with E-state index in [1.54, 1.807) is 0 Å². The number of halogens is 1. The molecule has 0 aliphatic rings. The van der Waals surface area contributed by atoms with Crippen molar-refractivity contribution in [2.45, 2.75) is 18.9 Å². The smallest absolute Gasteiger partial charge is 0.0960 e. The summed E-state index contributed by atoms with van der Waals surface area (Å²) in [6, 6.07) is 2.58. The highest BCUT2D eigenvalue weighted by molar-refractivity contribution is 5.85. The molecule has 0 aromatic carbocycles. The van der Waals surface area contributed by atoms with Crippen molar-refractivity contribution in [1.82, 2.24) is 0 Å². The fourth-order valence-electron chi connectivity index (χ4n) is 0.647. The normalized spacial score (nSPS) is 9.85. The zero-order valence-electron chi connectivity index (χ0n) is 7.99. The van der Waals surface area contributed by atoms with Gasteiger partial charge in [0.05, 0.1) is 11.5 Å². The van der Waals surface area contributed by atoms with Gasteiger partial charge >= 0.3 is 0 Å². The van der Waals surface area contributed by atoms with Crippen LogP contribution in [0, 0.1) is 6.92 Å². The van der Waals surface area contributed by atoms with Gasteiger partial charge in [-0.1, -0.05) is 6.92 Å². The standard InChI is InChI=1S/C8H17N4.ClH/c1-3-8(5-9,6-10)12-7-11-4-2;/h1,3-6,9-10H2,2H3;1H. The highest BCUT2D eigenvalue weighted by Crippen LogP contribution is 2.10. The van der Waals surface area contributed by atoms with Crippen molar-refractivity contribution in [2.24, 2.45) is 21.5 Å². The maximum Gasteiger partial charge on any atom is 0.0960 e. The van der Waals surface area contributed by atoms with Gasteiger partial charge in [0.2, 0.25) is 0 Å². The lowest BCUT2D eigenvalue weighted by atomic mass is 9.98. The van der Waals surface area contributed by atoms with Crippen molar-refractivity contribution in [3.05, 3.63) is 6.92 Å². The largest absolute Gasteiger partial charge is 0.328 e. The maximum absolute atomic E-state index is 5.52. The molecule has 0 bridgehead atoms. The Hall–Kier alpha value is -0.410. The fourth-order valence-corrected chi connectivity index (χ4v) is 0.647. The van der Waals surface area contributed by atoms with Crippen LogP contribution in [0.15, 0.2) is 9.98 Å². The third-order valence-electron chi connectivity index (χ3n) is 1.74. The van der Waals surface area contributed by atoms with E-state index in [4.69, 9.17) is 11.5 Å². The van der Waals surface area contributed by atoms with Gasteiger partial charge in [0, 0.05) is 19.6 Å². The number of aliphatic imine (C=N–C) groups is 2. The van der Waals surface area contributed by atoms with E-state index in [9.17, 15) is 0 Å². The van der Waals surface area contributed by atoms with Crippen molar-refractivity contribution in [3.8, 4) is 0 Å². The van der Waals surface area contributed by atoms with Gasteiger partial charge < -0.3 is 11.5 Å². The molecule has 0 amide bonds. The fraction of sp³-hybridized carbons (Fsp3) is 0.750. The molecule has 4 nitrogen and oxygen atoms in total. The molecular weight excluding hydrogens is 188 g/mol. The summed E-state index contributed by atoms with van der Waals surface area (Å²) in [6.07, 6.45) is 0.576. The van der Waals surface area contributed by atoms with Crippen molar-refractivity contribution >= 4 is 18.4 Å². The molecule has 1 radical (unpaired) electrons. The van der Waals surface area contributed by atoms with Crippen molar-refractivity contribution in [2.75, 3.05) is 19.6 Å². The Morgan fingerprint density at radius 1 is 1.38 bits per heavy atom. The molecule has 0 aromatic rings. The van der Waals surface area contributed by atoms with Crippen LogP contribution in [0.5, 0.6) is 0 Å². The molecule has 0 saturated heterocycles. The average Bonchev–Trinajstić information content (AvgIpc) is 2.14. The second-order valence-electron chi connectivity index (χ2n) is 2.57. The van der Waals surface area contributed by atoms with Crippen molar-refractivity contribution in [1.29, 1.82) is 0 Å². The van der Waals surface area contributed by atoms with E-state index in [-0.39, 0.29) is 12.4 Å². The van der Waals surface area contributed by atoms with Crippen LogP contribution in [0.25, 0.3) is 0 Å². The van der Waals surface area contributed by atoms with E-state index in [2.05, 4.69) is 22.9 Å². The molecule has 0 aromatic heterocycles. The van der Waals surface area contributed by atoms with Gasteiger partial charge in [0.1, 0.15) is 0 Å². The summed E-state index contributed by atoms with van der Waals surface area (Å²) in [4.78, 5) is 7.92. The second-order valence-corrected chi connectivity index (χ2v) is 2.57. The van der Waals surface area contributed by atoms with E-state index < -0.39 is 5.54 Å². The van der Waals surface area contributed by atoms with Gasteiger partial charge in [-0.2, -0.15) is 0 Å². The Labute approximate surface area is 85.9 Å². The van der Waals surface area contributed by atoms with Crippen LogP contribution in [-0.2, 0) is 0 Å². The quantitative estimate of drug-likeness (QED) is 0.641. The van der Waals surface area contributed by atoms with Crippen LogP contribution in [-0.4, -0.2) is 31.2 Å². The van der Waals surface area contributed by atoms with Crippen LogP contribution >= 0.6 is 12.4 Å². The van der Waals surface area contributed by atoms with Gasteiger partial charge in [-0.05, 0) is 13.3 Å². The van der Waals surface area contributed by atoms with Gasteiger partial charge in [-0.15, -0.1) is 12.4 Å². The van der Waals surface area contributed by atoms with Gasteiger partial charge in [0.25, 0.3) is 0 Å². The van der Waals surface area contributed by atoms with E-state index in [1.807, 2.05) is 6.92 Å². The summed E-state index contributed by atoms with van der Waals surface area (Å²) in [5.41, 5.74) is 10.6. The predicted octanol–water partition coefficient (Wildman–Crippen LogP) is 0.482. The summed E-state index contributed by atoms with van der Waals surface area (Å²) in [7, 11) is 0. The molecule has 0 fully saturated rings. The zero-order chi connectivity index (χ0) is 9.45. The molecule has 0 heterocycles. The zero-order valence-corrected chi connectivity index (χ0v) is 8.81. The van der Waals surface area contributed by atoms with E-state index in [0.717, 1.165) is 0 Å². The Kier molecular flexibility index (Phi) is 9.51. The first-order chi connectivity index (χ1) is 5.74. The summed E-state index contributed by atoms with van der Waals surface area (Å²) in [5, 5.41) is 0. The lowest BCUT2D eigenvalue weighted by Crippen LogP contribution is -2.42. The Morgan fingerprint density at radius 3 is 2.23 bits per heavy atom. The Bertz CT molecular complexity index is 163. The summed E-state index contributed by atoms with van der Waals surface area (Å²) in [6.45, 7) is 7.11. The molecule has 0 aliphatic carbocycles. The SMILES string of the molecule is Cl.[CH2]CC(CN)(CN)N=C=NCC. The van der Waals surface area contributed by atoms with E-state index in [0.29, 0.717) is 26.1 Å². The Morgan fingerprint density at radius 2 is 1.92 bits per heavy atom. The molecular formula is C8H18ClN4. The van der Waals surface area contributed by atoms with Crippen molar-refractivity contribution in [3.63, 3.8) is 0 Å². The third-order valence-corrected chi connectivity index (χ3v) is 1.74. The minimum Gasteiger partial charge on any atom is -0.328 e. The second kappa shape index (κ2) is 8.20. The summed E-state index contributed by atoms with van der Waals surface area (Å²) < 4.78 is 0. The van der Waals surface area contributed by atoms with Gasteiger partial charge in [-0.3, -0.25) is 0 Å². The molecule has 0 aliphatic heterocycles. The van der Waals surface area contributed by atoms with Crippen LogP contribution in [0.2, 0.25) is 0 Å². The first-order valence-corrected chi connectivity index (χ1v) is 4.07. The van der Waals surface area contributed by atoms with Crippen LogP contribution < -0.4 is 11.5 Å². The summed E-state index contributed by atoms with van der Waals surface area (Å²) >= 11 is 0. The number of hydrogen-bond donors (Lipinski definition) is 2. The van der Waals surface area contributed by atoms with E-state index >= 15 is 0 Å². The third kappa shape index (κ3) is 5.01. The number of nitrogens with two attached hydrogens (primary N) is 2. The molecule has 4 N–H and O–H groups in total. The highest BCUT2D eigenvalue weighted by Gasteiger charge is 2.22. The monoisotopic (exact) mass is 205 g/mol. The molecule has 0 rings (SSSR count). The lowest BCUT2D eigenvalue weighted by molar-refractivity contribution is 0.456. The molecule has 0 atom stereocenters. The van der Waals surface area contributed by atoms with Gasteiger partial charge in [-0.25, -0.2) is 9.98 Å². The predicted molar refractivity (Wildman–Crippen MR) is 58.5 cm³/mol. The first kappa shape index (κ1) is 15.1. The number of nitrogens with zero attached hydrogens (tertiary/aromatic N) is 2. The van der Waals surface area contributed by atoms with Crippen LogP contribution in [0.3, 0.4) is 0 Å². The number of hydrogen-bond acceptors (Lipinski definition) is 4.